The summed E-state index contributed by atoms with van der Waals surface area (Å²) in [7, 11) is 0. The van der Waals surface area contributed by atoms with Crippen LogP contribution in [-0.4, -0.2) is 17.6 Å². The Balaban J connectivity index is 1.45. The van der Waals surface area contributed by atoms with E-state index in [2.05, 4.69) is 21.7 Å². The maximum atomic E-state index is 12.8. The van der Waals surface area contributed by atoms with Gasteiger partial charge in [-0.05, 0) is 35.7 Å². The van der Waals surface area contributed by atoms with E-state index in [1.54, 1.807) is 12.1 Å². The van der Waals surface area contributed by atoms with Crippen LogP contribution >= 0.6 is 0 Å². The van der Waals surface area contributed by atoms with Gasteiger partial charge in [0.15, 0.2) is 0 Å². The van der Waals surface area contributed by atoms with Crippen molar-refractivity contribution >= 4 is 16.9 Å². The molecule has 4 nitrogen and oxygen atoms in total. The number of halogens is 1. The van der Waals surface area contributed by atoms with Crippen LogP contribution in [0.1, 0.15) is 11.1 Å². The number of carbonyl (C=O) groups excluding carboxylic acids is 1. The lowest BCUT2D eigenvalue weighted by atomic mass is 10.1. The van der Waals surface area contributed by atoms with Crippen LogP contribution in [0.3, 0.4) is 0 Å². The van der Waals surface area contributed by atoms with E-state index in [1.807, 2.05) is 24.4 Å². The molecule has 0 saturated carbocycles. The number of rotatable bonds is 5. The minimum Gasteiger partial charge on any atom is -0.361 e. The summed E-state index contributed by atoms with van der Waals surface area (Å²) in [4.78, 5) is 15.0. The zero-order valence-corrected chi connectivity index (χ0v) is 12.6. The molecule has 3 N–H and O–H groups in total. The Morgan fingerprint density at radius 2 is 1.83 bits per heavy atom. The largest absolute Gasteiger partial charge is 0.361 e. The summed E-state index contributed by atoms with van der Waals surface area (Å²) in [6, 6.07) is 13.9. The number of fused-ring (bicyclic) bond motifs is 1. The van der Waals surface area contributed by atoms with Crippen molar-refractivity contribution in [2.75, 3.05) is 6.54 Å². The number of para-hydroxylation sites is 1. The lowest BCUT2D eigenvalue weighted by molar-refractivity contribution is 0.240. The molecular formula is C18H18FN3O. The molecule has 118 valence electrons. The highest BCUT2D eigenvalue weighted by Crippen LogP contribution is 2.17. The van der Waals surface area contributed by atoms with Crippen molar-refractivity contribution < 1.29 is 9.18 Å². The normalized spacial score (nSPS) is 10.7. The Kier molecular flexibility index (Phi) is 4.57. The smallest absolute Gasteiger partial charge is 0.315 e. The van der Waals surface area contributed by atoms with Crippen molar-refractivity contribution in [2.24, 2.45) is 0 Å². The first-order chi connectivity index (χ1) is 11.2. The summed E-state index contributed by atoms with van der Waals surface area (Å²) in [6.07, 6.45) is 2.73. The van der Waals surface area contributed by atoms with E-state index in [4.69, 9.17) is 0 Å². The molecule has 1 heterocycles. The molecule has 3 aromatic rings. The van der Waals surface area contributed by atoms with Crippen molar-refractivity contribution in [3.05, 3.63) is 71.7 Å². The molecule has 0 saturated heterocycles. The van der Waals surface area contributed by atoms with Crippen molar-refractivity contribution in [3.63, 3.8) is 0 Å². The molecule has 5 heteroatoms. The minimum absolute atomic E-state index is 0.228. The van der Waals surface area contributed by atoms with Crippen LogP contribution in [0.2, 0.25) is 0 Å². The number of urea groups is 1. The summed E-state index contributed by atoms with van der Waals surface area (Å²) in [5.41, 5.74) is 3.14. The van der Waals surface area contributed by atoms with E-state index in [0.717, 1.165) is 17.5 Å². The second kappa shape index (κ2) is 6.96. The number of aromatic nitrogens is 1. The molecule has 3 rings (SSSR count). The molecule has 0 aliphatic carbocycles. The van der Waals surface area contributed by atoms with E-state index in [1.165, 1.54) is 23.1 Å². The fourth-order valence-electron chi connectivity index (χ4n) is 2.50. The molecule has 0 atom stereocenters. The summed E-state index contributed by atoms with van der Waals surface area (Å²) in [6.45, 7) is 0.927. The quantitative estimate of drug-likeness (QED) is 0.665. The predicted molar refractivity (Wildman–Crippen MR) is 88.6 cm³/mol. The highest BCUT2D eigenvalue weighted by atomic mass is 19.1. The molecule has 2 amide bonds. The van der Waals surface area contributed by atoms with Crippen LogP contribution in [0.25, 0.3) is 10.9 Å². The Morgan fingerprint density at radius 1 is 1.04 bits per heavy atom. The summed E-state index contributed by atoms with van der Waals surface area (Å²) in [5, 5.41) is 6.77. The maximum absolute atomic E-state index is 12.8. The molecule has 0 radical (unpaired) electrons. The lowest BCUT2D eigenvalue weighted by Gasteiger charge is -2.07. The van der Waals surface area contributed by atoms with Gasteiger partial charge in [-0.25, -0.2) is 9.18 Å². The number of carbonyl (C=O) groups is 1. The van der Waals surface area contributed by atoms with Crippen LogP contribution < -0.4 is 10.6 Å². The fourth-order valence-corrected chi connectivity index (χ4v) is 2.50. The van der Waals surface area contributed by atoms with E-state index in [0.29, 0.717) is 13.1 Å². The Bertz CT molecular complexity index is 795. The molecule has 0 spiro atoms. The van der Waals surface area contributed by atoms with Gasteiger partial charge in [-0.1, -0.05) is 30.3 Å². The van der Waals surface area contributed by atoms with Crippen molar-refractivity contribution in [2.45, 2.75) is 13.0 Å². The Morgan fingerprint density at radius 3 is 2.65 bits per heavy atom. The van der Waals surface area contributed by atoms with E-state index in [9.17, 15) is 9.18 Å². The van der Waals surface area contributed by atoms with Crippen LogP contribution in [0.4, 0.5) is 9.18 Å². The molecule has 2 aromatic carbocycles. The van der Waals surface area contributed by atoms with Gasteiger partial charge in [0.05, 0.1) is 0 Å². The van der Waals surface area contributed by atoms with Crippen molar-refractivity contribution in [1.82, 2.24) is 15.6 Å². The van der Waals surface area contributed by atoms with Crippen LogP contribution in [-0.2, 0) is 13.0 Å². The molecular weight excluding hydrogens is 293 g/mol. The van der Waals surface area contributed by atoms with Gasteiger partial charge in [0.1, 0.15) is 5.82 Å². The van der Waals surface area contributed by atoms with Gasteiger partial charge >= 0.3 is 6.03 Å². The highest BCUT2D eigenvalue weighted by molar-refractivity contribution is 5.83. The Hall–Kier alpha value is -2.82. The monoisotopic (exact) mass is 311 g/mol. The molecule has 0 aliphatic rings. The number of H-pyrrole nitrogens is 1. The molecule has 0 fully saturated rings. The van der Waals surface area contributed by atoms with Gasteiger partial charge in [-0.3, -0.25) is 0 Å². The zero-order valence-electron chi connectivity index (χ0n) is 12.6. The number of amides is 2. The highest BCUT2D eigenvalue weighted by Gasteiger charge is 2.04. The topological polar surface area (TPSA) is 56.9 Å². The van der Waals surface area contributed by atoms with Crippen molar-refractivity contribution in [3.8, 4) is 0 Å². The summed E-state index contributed by atoms with van der Waals surface area (Å²) in [5.74, 6) is -0.281. The minimum atomic E-state index is -0.281. The van der Waals surface area contributed by atoms with Gasteiger partial charge < -0.3 is 15.6 Å². The van der Waals surface area contributed by atoms with Crippen molar-refractivity contribution in [1.29, 1.82) is 0 Å². The fraction of sp³-hybridized carbons (Fsp3) is 0.167. The zero-order chi connectivity index (χ0) is 16.1. The third-order valence-corrected chi connectivity index (χ3v) is 3.72. The van der Waals surface area contributed by atoms with E-state index < -0.39 is 0 Å². The lowest BCUT2D eigenvalue weighted by Crippen LogP contribution is -2.36. The molecule has 1 aromatic heterocycles. The number of hydrogen-bond acceptors (Lipinski definition) is 1. The third-order valence-electron chi connectivity index (χ3n) is 3.72. The number of aromatic amines is 1. The summed E-state index contributed by atoms with van der Waals surface area (Å²) >= 11 is 0. The van der Waals surface area contributed by atoms with E-state index in [-0.39, 0.29) is 11.8 Å². The average molecular weight is 311 g/mol. The standard InChI is InChI=1S/C18H18FN3O/c19-15-7-5-13(6-8-15)11-22-18(23)20-10-9-14-12-21-17-4-2-1-3-16(14)17/h1-8,12,21H,9-11H2,(H2,20,22,23). The first-order valence-electron chi connectivity index (χ1n) is 7.53. The molecule has 0 aliphatic heterocycles. The second-order valence-electron chi connectivity index (χ2n) is 5.35. The van der Waals surface area contributed by atoms with Crippen LogP contribution in [0, 0.1) is 5.82 Å². The molecule has 0 bridgehead atoms. The maximum Gasteiger partial charge on any atom is 0.315 e. The van der Waals surface area contributed by atoms with Gasteiger partial charge in [-0.15, -0.1) is 0 Å². The SMILES string of the molecule is O=C(NCCc1c[nH]c2ccccc12)NCc1ccc(F)cc1. The van der Waals surface area contributed by atoms with E-state index >= 15 is 0 Å². The van der Waals surface area contributed by atoms with Gasteiger partial charge in [0, 0.05) is 30.2 Å². The average Bonchev–Trinajstić information content (AvgIpc) is 2.98. The number of benzene rings is 2. The first kappa shape index (κ1) is 15.1. The van der Waals surface area contributed by atoms with Gasteiger partial charge in [0.2, 0.25) is 0 Å². The summed E-state index contributed by atoms with van der Waals surface area (Å²) < 4.78 is 12.8. The third kappa shape index (κ3) is 3.88. The van der Waals surface area contributed by atoms with Gasteiger partial charge in [-0.2, -0.15) is 0 Å². The Labute approximate surface area is 133 Å². The molecule has 0 unspecified atom stereocenters. The number of hydrogen-bond donors (Lipinski definition) is 3. The molecule has 23 heavy (non-hydrogen) atoms. The number of nitrogens with one attached hydrogen (secondary N) is 3. The van der Waals surface area contributed by atoms with Gasteiger partial charge in [0.25, 0.3) is 0 Å². The first-order valence-corrected chi connectivity index (χ1v) is 7.53. The van der Waals surface area contributed by atoms with Crippen LogP contribution in [0.5, 0.6) is 0 Å². The second-order valence-corrected chi connectivity index (χ2v) is 5.35. The predicted octanol–water partition coefficient (Wildman–Crippen LogP) is 3.35. The van der Waals surface area contributed by atoms with Crippen LogP contribution in [0.15, 0.2) is 54.7 Å².